The second-order valence-electron chi connectivity index (χ2n) is 5.69. The van der Waals surface area contributed by atoms with E-state index < -0.39 is 0 Å². The molecule has 0 atom stereocenters. The van der Waals surface area contributed by atoms with E-state index in [9.17, 15) is 9.59 Å². The fraction of sp³-hybridized carbons (Fsp3) is 0.368. The summed E-state index contributed by atoms with van der Waals surface area (Å²) < 4.78 is 16.1. The zero-order chi connectivity index (χ0) is 17.1. The van der Waals surface area contributed by atoms with Crippen LogP contribution in [-0.4, -0.2) is 25.5 Å². The number of methoxy groups -OCH3 is 1. The second-order valence-corrected chi connectivity index (χ2v) is 5.69. The summed E-state index contributed by atoms with van der Waals surface area (Å²) in [6, 6.07) is 7.41. The molecule has 24 heavy (non-hydrogen) atoms. The summed E-state index contributed by atoms with van der Waals surface area (Å²) in [6.07, 6.45) is 2.03. The lowest BCUT2D eigenvalue weighted by Crippen LogP contribution is -2.10. The van der Waals surface area contributed by atoms with Crippen molar-refractivity contribution in [3.05, 3.63) is 41.3 Å². The van der Waals surface area contributed by atoms with Gasteiger partial charge >= 0.3 is 5.97 Å². The van der Waals surface area contributed by atoms with Gasteiger partial charge in [0, 0.05) is 18.4 Å². The molecule has 0 amide bonds. The van der Waals surface area contributed by atoms with Gasteiger partial charge in [-0.25, -0.2) is 0 Å². The predicted molar refractivity (Wildman–Crippen MR) is 88.3 cm³/mol. The van der Waals surface area contributed by atoms with Gasteiger partial charge in [0.25, 0.3) is 0 Å². The van der Waals surface area contributed by atoms with Crippen molar-refractivity contribution in [2.45, 2.75) is 32.6 Å². The van der Waals surface area contributed by atoms with Gasteiger partial charge in [-0.2, -0.15) is 0 Å². The van der Waals surface area contributed by atoms with Gasteiger partial charge in [-0.05, 0) is 31.0 Å². The highest BCUT2D eigenvalue weighted by Crippen LogP contribution is 2.38. The number of ether oxygens (including phenoxy) is 2. The molecule has 0 aliphatic heterocycles. The third kappa shape index (κ3) is 3.07. The van der Waals surface area contributed by atoms with Gasteiger partial charge in [0.05, 0.1) is 19.3 Å². The number of esters is 1. The lowest BCUT2D eigenvalue weighted by molar-refractivity contribution is -0.142. The number of hydrogen-bond donors (Lipinski definition) is 0. The first-order valence-electron chi connectivity index (χ1n) is 8.11. The zero-order valence-electron chi connectivity index (χ0n) is 13.9. The molecule has 1 aromatic heterocycles. The van der Waals surface area contributed by atoms with Crippen LogP contribution in [0.2, 0.25) is 0 Å². The number of benzene rings is 1. The fourth-order valence-electron chi connectivity index (χ4n) is 3.07. The summed E-state index contributed by atoms with van der Waals surface area (Å²) in [4.78, 5) is 24.3. The number of carbonyl (C=O) groups excluding carboxylic acids is 2. The topological polar surface area (TPSA) is 65.7 Å². The van der Waals surface area contributed by atoms with Crippen LogP contribution in [0, 0.1) is 0 Å². The first kappa shape index (κ1) is 16.3. The van der Waals surface area contributed by atoms with Crippen LogP contribution in [0.15, 0.2) is 28.7 Å². The van der Waals surface area contributed by atoms with Crippen molar-refractivity contribution < 1.29 is 23.5 Å². The van der Waals surface area contributed by atoms with Crippen LogP contribution in [0.3, 0.4) is 0 Å². The lowest BCUT2D eigenvalue weighted by atomic mass is 9.90. The molecule has 5 heteroatoms. The highest BCUT2D eigenvalue weighted by Gasteiger charge is 2.30. The van der Waals surface area contributed by atoms with E-state index in [-0.39, 0.29) is 18.2 Å². The summed E-state index contributed by atoms with van der Waals surface area (Å²) in [5, 5.41) is 0. The van der Waals surface area contributed by atoms with E-state index in [4.69, 9.17) is 13.9 Å². The minimum atomic E-state index is -0.356. The van der Waals surface area contributed by atoms with Crippen molar-refractivity contribution in [1.29, 1.82) is 0 Å². The maximum atomic E-state index is 12.4. The van der Waals surface area contributed by atoms with Crippen molar-refractivity contribution in [3.63, 3.8) is 0 Å². The SMILES string of the molecule is CCOC(=O)Cc1oc2c(c1-c1ccc(OC)cc1)C(=O)CCC2. The van der Waals surface area contributed by atoms with Crippen molar-refractivity contribution in [2.75, 3.05) is 13.7 Å². The summed E-state index contributed by atoms with van der Waals surface area (Å²) in [7, 11) is 1.60. The van der Waals surface area contributed by atoms with E-state index >= 15 is 0 Å². The Bertz CT molecular complexity index is 755. The van der Waals surface area contributed by atoms with Crippen LogP contribution in [-0.2, 0) is 22.4 Å². The van der Waals surface area contributed by atoms with Gasteiger partial charge in [-0.1, -0.05) is 12.1 Å². The molecule has 5 nitrogen and oxygen atoms in total. The number of Topliss-reactive ketones (excluding diaryl/α,β-unsaturated/α-hetero) is 1. The second kappa shape index (κ2) is 6.91. The molecule has 0 bridgehead atoms. The zero-order valence-corrected chi connectivity index (χ0v) is 13.9. The maximum Gasteiger partial charge on any atom is 0.313 e. The Morgan fingerprint density at radius 2 is 1.92 bits per heavy atom. The van der Waals surface area contributed by atoms with E-state index in [2.05, 4.69) is 0 Å². The Kier molecular flexibility index (Phi) is 4.69. The van der Waals surface area contributed by atoms with Crippen LogP contribution < -0.4 is 4.74 Å². The lowest BCUT2D eigenvalue weighted by Gasteiger charge is -2.10. The number of ketones is 1. The summed E-state index contributed by atoms with van der Waals surface area (Å²) >= 11 is 0. The molecule has 1 aliphatic carbocycles. The van der Waals surface area contributed by atoms with Gasteiger partial charge in [-0.3, -0.25) is 9.59 Å². The minimum Gasteiger partial charge on any atom is -0.497 e. The molecular weight excluding hydrogens is 308 g/mol. The Hall–Kier alpha value is -2.56. The average molecular weight is 328 g/mol. The molecule has 0 spiro atoms. The van der Waals surface area contributed by atoms with Gasteiger partial charge in [0.2, 0.25) is 0 Å². The minimum absolute atomic E-state index is 0.0233. The molecule has 0 saturated carbocycles. The average Bonchev–Trinajstić information content (AvgIpc) is 2.94. The third-order valence-corrected chi connectivity index (χ3v) is 4.13. The quantitative estimate of drug-likeness (QED) is 0.785. The van der Waals surface area contributed by atoms with Crippen molar-refractivity contribution in [3.8, 4) is 16.9 Å². The molecule has 1 heterocycles. The van der Waals surface area contributed by atoms with E-state index in [1.807, 2.05) is 24.3 Å². The van der Waals surface area contributed by atoms with Crippen molar-refractivity contribution in [2.24, 2.45) is 0 Å². The molecule has 126 valence electrons. The monoisotopic (exact) mass is 328 g/mol. The molecule has 0 unspecified atom stereocenters. The third-order valence-electron chi connectivity index (χ3n) is 4.13. The number of furan rings is 1. The number of aryl methyl sites for hydroxylation is 1. The number of carbonyl (C=O) groups is 2. The Morgan fingerprint density at radius 3 is 2.58 bits per heavy atom. The van der Waals surface area contributed by atoms with E-state index in [0.29, 0.717) is 42.1 Å². The van der Waals surface area contributed by atoms with Gasteiger partial charge in [0.15, 0.2) is 5.78 Å². The highest BCUT2D eigenvalue weighted by atomic mass is 16.5. The maximum absolute atomic E-state index is 12.4. The molecule has 1 aromatic carbocycles. The van der Waals surface area contributed by atoms with Crippen LogP contribution in [0.4, 0.5) is 0 Å². The molecule has 3 rings (SSSR count). The Morgan fingerprint density at radius 1 is 1.17 bits per heavy atom. The Labute approximate surface area is 140 Å². The van der Waals surface area contributed by atoms with Gasteiger partial charge in [-0.15, -0.1) is 0 Å². The first-order valence-corrected chi connectivity index (χ1v) is 8.11. The number of fused-ring (bicyclic) bond motifs is 1. The standard InChI is InChI=1S/C19H20O5/c1-3-23-17(21)11-16-18(12-7-9-13(22-2)10-8-12)19-14(20)5-4-6-15(19)24-16/h7-10H,3-6,11H2,1-2H3. The molecule has 0 radical (unpaired) electrons. The van der Waals surface area contributed by atoms with Gasteiger partial charge in [0.1, 0.15) is 23.7 Å². The number of rotatable bonds is 5. The van der Waals surface area contributed by atoms with E-state index in [0.717, 1.165) is 17.7 Å². The normalized spacial score (nSPS) is 13.5. The largest absolute Gasteiger partial charge is 0.497 e. The molecule has 0 saturated heterocycles. The van der Waals surface area contributed by atoms with E-state index in [1.54, 1.807) is 14.0 Å². The molecule has 2 aromatic rings. The van der Waals surface area contributed by atoms with Crippen LogP contribution >= 0.6 is 0 Å². The van der Waals surface area contributed by atoms with Crippen LogP contribution in [0.1, 0.15) is 41.6 Å². The smallest absolute Gasteiger partial charge is 0.313 e. The summed E-state index contributed by atoms with van der Waals surface area (Å²) in [6.45, 7) is 2.08. The predicted octanol–water partition coefficient (Wildman–Crippen LogP) is 3.58. The fourth-order valence-corrected chi connectivity index (χ4v) is 3.07. The number of hydrogen-bond acceptors (Lipinski definition) is 5. The highest BCUT2D eigenvalue weighted by molar-refractivity contribution is 6.05. The summed E-state index contributed by atoms with van der Waals surface area (Å²) in [5.74, 6) is 1.62. The van der Waals surface area contributed by atoms with E-state index in [1.165, 1.54) is 0 Å². The van der Waals surface area contributed by atoms with Crippen LogP contribution in [0.5, 0.6) is 5.75 Å². The molecule has 1 aliphatic rings. The van der Waals surface area contributed by atoms with Gasteiger partial charge < -0.3 is 13.9 Å². The Balaban J connectivity index is 2.07. The van der Waals surface area contributed by atoms with Crippen LogP contribution in [0.25, 0.3) is 11.1 Å². The molecular formula is C19H20O5. The molecule has 0 N–H and O–H groups in total. The van der Waals surface area contributed by atoms with Crippen molar-refractivity contribution >= 4 is 11.8 Å². The summed E-state index contributed by atoms with van der Waals surface area (Å²) in [5.41, 5.74) is 2.17. The molecule has 0 fully saturated rings. The van der Waals surface area contributed by atoms with Crippen molar-refractivity contribution in [1.82, 2.24) is 0 Å². The first-order chi connectivity index (χ1) is 11.6.